The molecule has 0 bridgehead atoms. The molecule has 1 aliphatic heterocycles. The smallest absolute Gasteiger partial charge is 0.0511 e. The minimum atomic E-state index is 0.369. The number of nitrogens with two attached hydrogens (primary N) is 1. The van der Waals surface area contributed by atoms with Gasteiger partial charge in [-0.25, -0.2) is 0 Å². The van der Waals surface area contributed by atoms with E-state index in [1.165, 1.54) is 0 Å². The Bertz CT molecular complexity index is 104. The monoisotopic (exact) mass is 173 g/mol. The highest BCUT2D eigenvalue weighted by molar-refractivity contribution is 4.78. The van der Waals surface area contributed by atoms with Crippen LogP contribution in [-0.2, 0) is 4.74 Å². The molecule has 0 spiro atoms. The third kappa shape index (κ3) is 3.55. The fraction of sp³-hybridized carbons (Fsp3) is 1.00. The lowest BCUT2D eigenvalue weighted by atomic mass is 9.87. The van der Waals surface area contributed by atoms with Gasteiger partial charge >= 0.3 is 0 Å². The Morgan fingerprint density at radius 1 is 1.33 bits per heavy atom. The third-order valence-electron chi connectivity index (χ3n) is 2.31. The van der Waals surface area contributed by atoms with E-state index in [1.54, 1.807) is 0 Å². The number of rotatable bonds is 1. The molecule has 12 heavy (non-hydrogen) atoms. The average molecular weight is 173 g/mol. The Morgan fingerprint density at radius 2 is 1.92 bits per heavy atom. The summed E-state index contributed by atoms with van der Waals surface area (Å²) in [5.74, 6) is 1.24. The minimum Gasteiger partial charge on any atom is -0.381 e. The van der Waals surface area contributed by atoms with Gasteiger partial charge in [0.05, 0.1) is 6.61 Å². The fourth-order valence-corrected chi connectivity index (χ4v) is 1.46. The highest BCUT2D eigenvalue weighted by Crippen LogP contribution is 2.20. The lowest BCUT2D eigenvalue weighted by molar-refractivity contribution is 0.0240. The molecule has 1 aliphatic rings. The van der Waals surface area contributed by atoms with Gasteiger partial charge in [0, 0.05) is 12.6 Å². The zero-order chi connectivity index (χ0) is 9.56. The molecule has 2 nitrogen and oxygen atoms in total. The summed E-state index contributed by atoms with van der Waals surface area (Å²) in [4.78, 5) is 0. The maximum atomic E-state index is 5.90. The van der Waals surface area contributed by atoms with E-state index in [0.717, 1.165) is 19.6 Å². The van der Waals surface area contributed by atoms with Gasteiger partial charge < -0.3 is 10.5 Å². The van der Waals surface area contributed by atoms with Gasteiger partial charge in [-0.3, -0.25) is 0 Å². The molecule has 0 amide bonds. The molecule has 0 aliphatic carbocycles. The molecule has 2 N–H and O–H groups in total. The van der Waals surface area contributed by atoms with Gasteiger partial charge in [0.2, 0.25) is 0 Å². The van der Waals surface area contributed by atoms with Crippen LogP contribution < -0.4 is 5.73 Å². The highest BCUT2D eigenvalue weighted by Gasteiger charge is 2.24. The molecule has 1 rings (SSSR count). The van der Waals surface area contributed by atoms with Crippen LogP contribution in [-0.4, -0.2) is 19.3 Å². The second-order valence-electron chi connectivity index (χ2n) is 3.44. The predicted octanol–water partition coefficient (Wildman–Crippen LogP) is 2.03. The van der Waals surface area contributed by atoms with Gasteiger partial charge in [-0.15, -0.1) is 0 Å². The van der Waals surface area contributed by atoms with Crippen molar-refractivity contribution in [1.82, 2.24) is 0 Å². The summed E-state index contributed by atoms with van der Waals surface area (Å²) in [6.07, 6.45) is 1.03. The molecule has 1 heterocycles. The normalized spacial score (nSPS) is 29.5. The van der Waals surface area contributed by atoms with Gasteiger partial charge in [-0.1, -0.05) is 27.7 Å². The van der Waals surface area contributed by atoms with Crippen LogP contribution in [0.1, 0.15) is 34.1 Å². The topological polar surface area (TPSA) is 35.2 Å². The van der Waals surface area contributed by atoms with Crippen molar-refractivity contribution in [2.45, 2.75) is 40.2 Å². The molecule has 0 saturated carbocycles. The van der Waals surface area contributed by atoms with Crippen LogP contribution in [0.5, 0.6) is 0 Å². The number of ether oxygens (including phenoxy) is 1. The largest absolute Gasteiger partial charge is 0.381 e. The van der Waals surface area contributed by atoms with Crippen molar-refractivity contribution in [2.24, 2.45) is 17.6 Å². The average Bonchev–Trinajstić information content (AvgIpc) is 2.08. The summed E-state index contributed by atoms with van der Waals surface area (Å²) in [6, 6.07) is 0.369. The Balaban J connectivity index is 0.000000561. The maximum Gasteiger partial charge on any atom is 0.0511 e. The zero-order valence-electron chi connectivity index (χ0n) is 8.84. The standard InChI is InChI=1S/C8H17NO.C2H6/c1-6(2)7-5-10-4-3-8(7)9;1-2/h6-8H,3-5,9H2,1-2H3;1-2H3. The lowest BCUT2D eigenvalue weighted by Crippen LogP contribution is -2.41. The van der Waals surface area contributed by atoms with E-state index in [4.69, 9.17) is 10.5 Å². The Kier molecular flexibility index (Phi) is 6.39. The number of hydrogen-bond donors (Lipinski definition) is 1. The van der Waals surface area contributed by atoms with Gasteiger partial charge in [-0.2, -0.15) is 0 Å². The molecule has 74 valence electrons. The highest BCUT2D eigenvalue weighted by atomic mass is 16.5. The van der Waals surface area contributed by atoms with E-state index in [1.807, 2.05) is 13.8 Å². The summed E-state index contributed by atoms with van der Waals surface area (Å²) >= 11 is 0. The van der Waals surface area contributed by atoms with Crippen molar-refractivity contribution < 1.29 is 4.74 Å². The SMILES string of the molecule is CC.CC(C)C1COCCC1N. The Morgan fingerprint density at radius 3 is 2.25 bits per heavy atom. The second-order valence-corrected chi connectivity index (χ2v) is 3.44. The molecule has 1 saturated heterocycles. The van der Waals surface area contributed by atoms with Crippen LogP contribution in [0.3, 0.4) is 0 Å². The summed E-state index contributed by atoms with van der Waals surface area (Å²) in [6.45, 7) is 10.1. The van der Waals surface area contributed by atoms with Gasteiger partial charge in [0.15, 0.2) is 0 Å². The molecular weight excluding hydrogens is 150 g/mol. The van der Waals surface area contributed by atoms with Crippen molar-refractivity contribution in [2.75, 3.05) is 13.2 Å². The van der Waals surface area contributed by atoms with Crippen molar-refractivity contribution in [3.8, 4) is 0 Å². The first-order valence-electron chi connectivity index (χ1n) is 5.05. The fourth-order valence-electron chi connectivity index (χ4n) is 1.46. The van der Waals surface area contributed by atoms with E-state index in [-0.39, 0.29) is 0 Å². The third-order valence-corrected chi connectivity index (χ3v) is 2.31. The van der Waals surface area contributed by atoms with Crippen LogP contribution in [0, 0.1) is 11.8 Å². The van der Waals surface area contributed by atoms with Gasteiger partial charge in [0.25, 0.3) is 0 Å². The molecule has 0 aromatic heterocycles. The lowest BCUT2D eigenvalue weighted by Gasteiger charge is -2.31. The summed E-state index contributed by atoms with van der Waals surface area (Å²) < 4.78 is 5.33. The van der Waals surface area contributed by atoms with E-state index in [2.05, 4.69) is 13.8 Å². The van der Waals surface area contributed by atoms with Crippen LogP contribution in [0.25, 0.3) is 0 Å². The predicted molar refractivity (Wildman–Crippen MR) is 53.1 cm³/mol. The van der Waals surface area contributed by atoms with Crippen LogP contribution in [0.4, 0.5) is 0 Å². The Hall–Kier alpha value is -0.0800. The quantitative estimate of drug-likeness (QED) is 0.658. The van der Waals surface area contributed by atoms with Crippen molar-refractivity contribution >= 4 is 0 Å². The molecule has 2 unspecified atom stereocenters. The Labute approximate surface area is 76.5 Å². The van der Waals surface area contributed by atoms with Crippen molar-refractivity contribution in [3.63, 3.8) is 0 Å². The van der Waals surface area contributed by atoms with Crippen LogP contribution >= 0.6 is 0 Å². The molecule has 1 fully saturated rings. The van der Waals surface area contributed by atoms with E-state index in [9.17, 15) is 0 Å². The molecule has 2 heteroatoms. The number of hydrogen-bond acceptors (Lipinski definition) is 2. The minimum absolute atomic E-state index is 0.369. The van der Waals surface area contributed by atoms with Crippen LogP contribution in [0.2, 0.25) is 0 Å². The first-order chi connectivity index (χ1) is 5.72. The molecule has 0 aromatic rings. The first kappa shape index (κ1) is 11.9. The summed E-state index contributed by atoms with van der Waals surface area (Å²) in [5.41, 5.74) is 5.90. The molecule has 0 radical (unpaired) electrons. The summed E-state index contributed by atoms with van der Waals surface area (Å²) in [5, 5.41) is 0. The summed E-state index contributed by atoms with van der Waals surface area (Å²) in [7, 11) is 0. The van der Waals surface area contributed by atoms with E-state index < -0.39 is 0 Å². The molecular formula is C10H23NO. The second kappa shape index (κ2) is 6.44. The van der Waals surface area contributed by atoms with Crippen molar-refractivity contribution in [1.29, 1.82) is 0 Å². The van der Waals surface area contributed by atoms with E-state index >= 15 is 0 Å². The van der Waals surface area contributed by atoms with Gasteiger partial charge in [0.1, 0.15) is 0 Å². The maximum absolute atomic E-state index is 5.90. The van der Waals surface area contributed by atoms with Gasteiger partial charge in [-0.05, 0) is 18.3 Å². The molecule has 2 atom stereocenters. The van der Waals surface area contributed by atoms with Crippen LogP contribution in [0.15, 0.2) is 0 Å². The molecule has 0 aromatic carbocycles. The van der Waals surface area contributed by atoms with Crippen molar-refractivity contribution in [3.05, 3.63) is 0 Å². The van der Waals surface area contributed by atoms with E-state index in [0.29, 0.717) is 17.9 Å². The first-order valence-corrected chi connectivity index (χ1v) is 5.05. The zero-order valence-corrected chi connectivity index (χ0v) is 8.84.